The van der Waals surface area contributed by atoms with E-state index in [4.69, 9.17) is 0 Å². The summed E-state index contributed by atoms with van der Waals surface area (Å²) in [6, 6.07) is 10.1. The molecule has 0 aliphatic rings. The van der Waals surface area contributed by atoms with E-state index in [-0.39, 0.29) is 5.91 Å². The van der Waals surface area contributed by atoms with Gasteiger partial charge >= 0.3 is 0 Å². The molecule has 6 heteroatoms. The van der Waals surface area contributed by atoms with Gasteiger partial charge < -0.3 is 10.2 Å². The number of thiazole rings is 1. The van der Waals surface area contributed by atoms with Crippen LogP contribution < -0.4 is 10.2 Å². The number of nitrogens with one attached hydrogen (secondary N) is 1. The Labute approximate surface area is 170 Å². The van der Waals surface area contributed by atoms with E-state index >= 15 is 0 Å². The van der Waals surface area contributed by atoms with Crippen molar-refractivity contribution < 1.29 is 4.79 Å². The highest BCUT2D eigenvalue weighted by Crippen LogP contribution is 2.24. The molecule has 2 aromatic heterocycles. The molecule has 1 N–H and O–H groups in total. The Balaban J connectivity index is 1.57. The van der Waals surface area contributed by atoms with Crippen molar-refractivity contribution in [1.29, 1.82) is 0 Å². The first-order valence-electron chi connectivity index (χ1n) is 9.61. The van der Waals surface area contributed by atoms with E-state index in [1.165, 1.54) is 5.69 Å². The van der Waals surface area contributed by atoms with Crippen LogP contribution in [0.2, 0.25) is 0 Å². The van der Waals surface area contributed by atoms with Crippen molar-refractivity contribution >= 4 is 28.6 Å². The van der Waals surface area contributed by atoms with Crippen molar-refractivity contribution in [3.63, 3.8) is 0 Å². The summed E-state index contributed by atoms with van der Waals surface area (Å²) < 4.78 is 0. The summed E-state index contributed by atoms with van der Waals surface area (Å²) in [6.45, 7) is 8.26. The lowest BCUT2D eigenvalue weighted by Gasteiger charge is -2.22. The fourth-order valence-corrected chi connectivity index (χ4v) is 3.90. The standard InChI is InChI=1S/C22H26N4OS/c1-4-26(5-2)18-6-7-19(16(3)14-18)24-21(27)8-9-22-25-20(15-28-22)17-10-12-23-13-11-17/h6-7,10-15H,4-5,8-9H2,1-3H3,(H,24,27). The van der Waals surface area contributed by atoms with Crippen LogP contribution in [0.15, 0.2) is 48.1 Å². The first-order valence-corrected chi connectivity index (χ1v) is 10.5. The minimum atomic E-state index is 0.0133. The lowest BCUT2D eigenvalue weighted by molar-refractivity contribution is -0.116. The molecule has 0 unspecified atom stereocenters. The summed E-state index contributed by atoms with van der Waals surface area (Å²) in [4.78, 5) is 23.3. The van der Waals surface area contributed by atoms with Gasteiger partial charge in [0.15, 0.2) is 0 Å². The zero-order chi connectivity index (χ0) is 19.9. The molecular weight excluding hydrogens is 368 g/mol. The summed E-state index contributed by atoms with van der Waals surface area (Å²) in [5.41, 5.74) is 5.12. The lowest BCUT2D eigenvalue weighted by Crippen LogP contribution is -2.22. The average Bonchev–Trinajstić information content (AvgIpc) is 3.19. The van der Waals surface area contributed by atoms with Gasteiger partial charge in [0.05, 0.1) is 10.7 Å². The molecule has 0 saturated heterocycles. The molecule has 0 aliphatic carbocycles. The molecule has 146 valence electrons. The summed E-state index contributed by atoms with van der Waals surface area (Å²) in [5, 5.41) is 6.03. The van der Waals surface area contributed by atoms with E-state index in [1.807, 2.05) is 30.5 Å². The minimum Gasteiger partial charge on any atom is -0.372 e. The summed E-state index contributed by atoms with van der Waals surface area (Å²) in [7, 11) is 0. The first kappa shape index (κ1) is 20.0. The number of hydrogen-bond donors (Lipinski definition) is 1. The summed E-state index contributed by atoms with van der Waals surface area (Å²) in [5.74, 6) is 0.0133. The lowest BCUT2D eigenvalue weighted by atomic mass is 10.1. The van der Waals surface area contributed by atoms with Gasteiger partial charge in [-0.05, 0) is 56.7 Å². The molecule has 0 aliphatic heterocycles. The Morgan fingerprint density at radius 2 is 1.89 bits per heavy atom. The smallest absolute Gasteiger partial charge is 0.224 e. The van der Waals surface area contributed by atoms with Crippen LogP contribution in [0, 0.1) is 6.92 Å². The van der Waals surface area contributed by atoms with Gasteiger partial charge in [-0.1, -0.05) is 0 Å². The third-order valence-corrected chi connectivity index (χ3v) is 5.62. The molecule has 0 saturated carbocycles. The maximum Gasteiger partial charge on any atom is 0.224 e. The third-order valence-electron chi connectivity index (χ3n) is 4.71. The van der Waals surface area contributed by atoms with Crippen molar-refractivity contribution in [2.75, 3.05) is 23.3 Å². The quantitative estimate of drug-likeness (QED) is 0.588. The summed E-state index contributed by atoms with van der Waals surface area (Å²) in [6.07, 6.45) is 4.57. The number of aryl methyl sites for hydroxylation is 2. The van der Waals surface area contributed by atoms with Crippen LogP contribution >= 0.6 is 11.3 Å². The number of nitrogens with zero attached hydrogens (tertiary/aromatic N) is 3. The third kappa shape index (κ3) is 4.95. The second kappa shape index (κ2) is 9.46. The van der Waals surface area contributed by atoms with E-state index in [1.54, 1.807) is 23.7 Å². The van der Waals surface area contributed by atoms with Gasteiger partial charge in [0.1, 0.15) is 0 Å². The van der Waals surface area contributed by atoms with Crippen LogP contribution in [0.4, 0.5) is 11.4 Å². The molecule has 0 fully saturated rings. The number of aromatic nitrogens is 2. The maximum absolute atomic E-state index is 12.4. The Bertz CT molecular complexity index is 919. The van der Waals surface area contributed by atoms with Gasteiger partial charge in [-0.3, -0.25) is 9.78 Å². The van der Waals surface area contributed by atoms with Crippen LogP contribution in [0.25, 0.3) is 11.3 Å². The number of hydrogen-bond acceptors (Lipinski definition) is 5. The average molecular weight is 395 g/mol. The van der Waals surface area contributed by atoms with Crippen LogP contribution in [0.1, 0.15) is 30.8 Å². The molecule has 0 bridgehead atoms. The van der Waals surface area contributed by atoms with Crippen LogP contribution in [-0.4, -0.2) is 29.0 Å². The Hall–Kier alpha value is -2.73. The van der Waals surface area contributed by atoms with E-state index in [9.17, 15) is 4.79 Å². The molecule has 3 aromatic rings. The van der Waals surface area contributed by atoms with E-state index in [0.29, 0.717) is 12.8 Å². The van der Waals surface area contributed by atoms with Crippen LogP contribution in [-0.2, 0) is 11.2 Å². The highest BCUT2D eigenvalue weighted by molar-refractivity contribution is 7.09. The SMILES string of the molecule is CCN(CC)c1ccc(NC(=O)CCc2nc(-c3ccncc3)cs2)c(C)c1. The zero-order valence-corrected chi connectivity index (χ0v) is 17.4. The molecule has 28 heavy (non-hydrogen) atoms. The van der Waals surface area contributed by atoms with E-state index in [0.717, 1.165) is 40.6 Å². The number of benzene rings is 1. The van der Waals surface area contributed by atoms with Gasteiger partial charge in [-0.15, -0.1) is 11.3 Å². The normalized spacial score (nSPS) is 10.7. The largest absolute Gasteiger partial charge is 0.372 e. The van der Waals surface area contributed by atoms with Gasteiger partial charge in [0.25, 0.3) is 0 Å². The van der Waals surface area contributed by atoms with Crippen LogP contribution in [0.5, 0.6) is 0 Å². The fourth-order valence-electron chi connectivity index (χ4n) is 3.09. The minimum absolute atomic E-state index is 0.0133. The summed E-state index contributed by atoms with van der Waals surface area (Å²) >= 11 is 1.59. The predicted molar refractivity (Wildman–Crippen MR) is 117 cm³/mol. The van der Waals surface area contributed by atoms with E-state index < -0.39 is 0 Å². The van der Waals surface area contributed by atoms with Gasteiger partial charge in [-0.2, -0.15) is 0 Å². The van der Waals surface area contributed by atoms with Gasteiger partial charge in [0.2, 0.25) is 5.91 Å². The van der Waals surface area contributed by atoms with Crippen molar-refractivity contribution in [2.24, 2.45) is 0 Å². The second-order valence-corrected chi connectivity index (χ2v) is 7.52. The molecule has 0 spiro atoms. The predicted octanol–water partition coefficient (Wildman–Crippen LogP) is 4.93. The zero-order valence-electron chi connectivity index (χ0n) is 16.6. The van der Waals surface area contributed by atoms with Gasteiger partial charge in [-0.25, -0.2) is 4.98 Å². The number of amides is 1. The van der Waals surface area contributed by atoms with Crippen molar-refractivity contribution in [3.8, 4) is 11.3 Å². The molecule has 1 aromatic carbocycles. The number of carbonyl (C=O) groups excluding carboxylic acids is 1. The number of pyridine rings is 1. The first-order chi connectivity index (χ1) is 13.6. The molecule has 3 rings (SSSR count). The molecule has 1 amide bonds. The van der Waals surface area contributed by atoms with Crippen molar-refractivity contribution in [2.45, 2.75) is 33.6 Å². The monoisotopic (exact) mass is 394 g/mol. The molecule has 0 radical (unpaired) electrons. The molecule has 5 nitrogen and oxygen atoms in total. The second-order valence-electron chi connectivity index (χ2n) is 6.58. The van der Waals surface area contributed by atoms with Gasteiger partial charge in [0, 0.05) is 60.6 Å². The van der Waals surface area contributed by atoms with Crippen molar-refractivity contribution in [3.05, 3.63) is 58.7 Å². The Morgan fingerprint density at radius 3 is 2.57 bits per heavy atom. The van der Waals surface area contributed by atoms with Crippen LogP contribution in [0.3, 0.4) is 0 Å². The number of anilines is 2. The van der Waals surface area contributed by atoms with E-state index in [2.05, 4.69) is 46.2 Å². The maximum atomic E-state index is 12.4. The fraction of sp³-hybridized carbons (Fsp3) is 0.318. The Kier molecular flexibility index (Phi) is 6.76. The molecular formula is C22H26N4OS. The number of rotatable bonds is 8. The highest BCUT2D eigenvalue weighted by atomic mass is 32.1. The topological polar surface area (TPSA) is 58.1 Å². The Morgan fingerprint density at radius 1 is 1.14 bits per heavy atom. The molecule has 0 atom stereocenters. The number of carbonyl (C=O) groups is 1. The highest BCUT2D eigenvalue weighted by Gasteiger charge is 2.10. The molecule has 2 heterocycles. The van der Waals surface area contributed by atoms with Crippen molar-refractivity contribution in [1.82, 2.24) is 9.97 Å².